The van der Waals surface area contributed by atoms with E-state index in [-0.39, 0.29) is 12.2 Å². The summed E-state index contributed by atoms with van der Waals surface area (Å²) in [6.07, 6.45) is 6.16. The lowest BCUT2D eigenvalue weighted by molar-refractivity contribution is -0.132. The van der Waals surface area contributed by atoms with Crippen molar-refractivity contribution in [2.24, 2.45) is 0 Å². The number of carbonyl (C=O) groups is 1. The van der Waals surface area contributed by atoms with Crippen LogP contribution in [0.5, 0.6) is 0 Å². The van der Waals surface area contributed by atoms with Crippen molar-refractivity contribution in [1.82, 2.24) is 15.1 Å². The Bertz CT molecular complexity index is 329. The van der Waals surface area contributed by atoms with E-state index < -0.39 is 0 Å². The van der Waals surface area contributed by atoms with Crippen molar-refractivity contribution < 1.29 is 4.79 Å². The maximum atomic E-state index is 12.4. The zero-order valence-corrected chi connectivity index (χ0v) is 11.6. The summed E-state index contributed by atoms with van der Waals surface area (Å²) in [5, 5.41) is 3.45. The highest BCUT2D eigenvalue weighted by Crippen LogP contribution is 2.32. The molecule has 0 spiro atoms. The number of rotatable bonds is 4. The number of hydrogen-bond donors (Lipinski definition) is 1. The van der Waals surface area contributed by atoms with Crippen LogP contribution >= 0.6 is 0 Å². The lowest BCUT2D eigenvalue weighted by Gasteiger charge is -2.28. The predicted octanol–water partition coefficient (Wildman–Crippen LogP) is 1.17. The van der Waals surface area contributed by atoms with Gasteiger partial charge in [0, 0.05) is 25.2 Å². The van der Waals surface area contributed by atoms with E-state index >= 15 is 0 Å². The Hall–Kier alpha value is -0.610. The Labute approximate surface area is 110 Å². The minimum Gasteiger partial charge on any atom is -0.322 e. The zero-order valence-electron chi connectivity index (χ0n) is 11.6. The van der Waals surface area contributed by atoms with Gasteiger partial charge in [0.25, 0.3) is 0 Å². The van der Waals surface area contributed by atoms with Crippen molar-refractivity contribution in [2.45, 2.75) is 70.2 Å². The van der Waals surface area contributed by atoms with Crippen molar-refractivity contribution in [3.8, 4) is 0 Å². The minimum atomic E-state index is 0.0694. The van der Waals surface area contributed by atoms with E-state index in [1.165, 1.54) is 19.4 Å². The molecule has 102 valence electrons. The Morgan fingerprint density at radius 3 is 2.72 bits per heavy atom. The van der Waals surface area contributed by atoms with Gasteiger partial charge in [-0.05, 0) is 32.6 Å². The molecular formula is C14H25N3O. The second kappa shape index (κ2) is 4.82. The molecule has 4 nitrogen and oxygen atoms in total. The van der Waals surface area contributed by atoms with Crippen LogP contribution in [0.15, 0.2) is 0 Å². The van der Waals surface area contributed by atoms with Gasteiger partial charge in [0.1, 0.15) is 0 Å². The molecule has 0 bridgehead atoms. The molecule has 18 heavy (non-hydrogen) atoms. The molecule has 1 amide bonds. The van der Waals surface area contributed by atoms with Gasteiger partial charge in [0.15, 0.2) is 0 Å². The summed E-state index contributed by atoms with van der Waals surface area (Å²) in [5.41, 5.74) is 0. The lowest BCUT2D eigenvalue weighted by atomic mass is 10.1. The van der Waals surface area contributed by atoms with Crippen LogP contribution in [0.25, 0.3) is 0 Å². The lowest BCUT2D eigenvalue weighted by Crippen LogP contribution is -2.44. The number of nitrogens with one attached hydrogen (secondary N) is 1. The van der Waals surface area contributed by atoms with Crippen molar-refractivity contribution in [2.75, 3.05) is 13.1 Å². The van der Waals surface area contributed by atoms with Crippen LogP contribution in [0.2, 0.25) is 0 Å². The fourth-order valence-electron chi connectivity index (χ4n) is 3.57. The SMILES string of the molecule is CCCC1NC(C)N(C2CCN(C3CC3)C2)C1=O. The van der Waals surface area contributed by atoms with E-state index in [1.807, 2.05) is 0 Å². The molecule has 1 N–H and O–H groups in total. The highest BCUT2D eigenvalue weighted by atomic mass is 16.2. The molecule has 1 saturated carbocycles. The van der Waals surface area contributed by atoms with Crippen LogP contribution in [0, 0.1) is 0 Å². The van der Waals surface area contributed by atoms with Gasteiger partial charge in [0.05, 0.1) is 12.2 Å². The maximum Gasteiger partial charge on any atom is 0.241 e. The van der Waals surface area contributed by atoms with Crippen LogP contribution in [-0.4, -0.2) is 53.1 Å². The smallest absolute Gasteiger partial charge is 0.241 e. The van der Waals surface area contributed by atoms with Gasteiger partial charge in [-0.15, -0.1) is 0 Å². The van der Waals surface area contributed by atoms with Crippen LogP contribution in [0.4, 0.5) is 0 Å². The van der Waals surface area contributed by atoms with Gasteiger partial charge in [-0.2, -0.15) is 0 Å². The first-order valence-corrected chi connectivity index (χ1v) is 7.53. The van der Waals surface area contributed by atoms with Crippen LogP contribution in [-0.2, 0) is 4.79 Å². The van der Waals surface area contributed by atoms with E-state index in [2.05, 4.69) is 29.0 Å². The normalized spacial score (nSPS) is 37.8. The molecule has 2 saturated heterocycles. The van der Waals surface area contributed by atoms with E-state index in [0.717, 1.165) is 31.8 Å². The minimum absolute atomic E-state index is 0.0694. The quantitative estimate of drug-likeness (QED) is 0.814. The van der Waals surface area contributed by atoms with Crippen LogP contribution in [0.1, 0.15) is 46.0 Å². The molecule has 4 heteroatoms. The first kappa shape index (κ1) is 12.4. The Balaban J connectivity index is 1.63. The third kappa shape index (κ3) is 2.16. The molecule has 3 atom stereocenters. The first-order valence-electron chi connectivity index (χ1n) is 7.53. The van der Waals surface area contributed by atoms with Gasteiger partial charge < -0.3 is 4.90 Å². The second-order valence-corrected chi connectivity index (χ2v) is 6.10. The van der Waals surface area contributed by atoms with Gasteiger partial charge in [0.2, 0.25) is 5.91 Å². The predicted molar refractivity (Wildman–Crippen MR) is 71.1 cm³/mol. The summed E-state index contributed by atoms with van der Waals surface area (Å²) >= 11 is 0. The zero-order chi connectivity index (χ0) is 12.7. The number of carbonyl (C=O) groups excluding carboxylic acids is 1. The Morgan fingerprint density at radius 1 is 1.28 bits per heavy atom. The van der Waals surface area contributed by atoms with E-state index in [4.69, 9.17) is 0 Å². The number of likely N-dealkylation sites (tertiary alicyclic amines) is 1. The molecule has 1 aliphatic carbocycles. The van der Waals surface area contributed by atoms with Crippen molar-refractivity contribution >= 4 is 5.91 Å². The molecular weight excluding hydrogens is 226 g/mol. The molecule has 3 aliphatic rings. The molecule has 3 fully saturated rings. The molecule has 0 aromatic heterocycles. The standard InChI is InChI=1S/C14H25N3O/c1-3-4-13-14(18)17(10(2)15-13)12-7-8-16(9-12)11-5-6-11/h10-13,15H,3-9H2,1-2H3. The van der Waals surface area contributed by atoms with E-state index in [9.17, 15) is 4.79 Å². The molecule has 2 aliphatic heterocycles. The fraction of sp³-hybridized carbons (Fsp3) is 0.929. The monoisotopic (exact) mass is 251 g/mol. The number of nitrogens with zero attached hydrogens (tertiary/aromatic N) is 2. The largest absolute Gasteiger partial charge is 0.322 e. The molecule has 3 rings (SSSR count). The third-order valence-corrected chi connectivity index (χ3v) is 4.64. The van der Waals surface area contributed by atoms with Gasteiger partial charge in [-0.1, -0.05) is 13.3 Å². The van der Waals surface area contributed by atoms with Crippen molar-refractivity contribution in [3.05, 3.63) is 0 Å². The van der Waals surface area contributed by atoms with E-state index in [0.29, 0.717) is 11.9 Å². The molecule has 0 aromatic rings. The third-order valence-electron chi connectivity index (χ3n) is 4.64. The summed E-state index contributed by atoms with van der Waals surface area (Å²) in [6.45, 7) is 6.56. The second-order valence-electron chi connectivity index (χ2n) is 6.10. The topological polar surface area (TPSA) is 35.6 Å². The molecule has 0 aromatic carbocycles. The van der Waals surface area contributed by atoms with Gasteiger partial charge in [-0.3, -0.25) is 15.0 Å². The summed E-state index contributed by atoms with van der Waals surface area (Å²) in [4.78, 5) is 17.1. The van der Waals surface area contributed by atoms with Crippen molar-refractivity contribution in [3.63, 3.8) is 0 Å². The Morgan fingerprint density at radius 2 is 2.06 bits per heavy atom. The summed E-state index contributed by atoms with van der Waals surface area (Å²) in [6, 6.07) is 1.35. The van der Waals surface area contributed by atoms with Crippen molar-refractivity contribution in [1.29, 1.82) is 0 Å². The molecule has 2 heterocycles. The fourth-order valence-corrected chi connectivity index (χ4v) is 3.57. The average Bonchev–Trinajstić information content (AvgIpc) is 3.02. The highest BCUT2D eigenvalue weighted by molar-refractivity contribution is 5.84. The Kier molecular flexibility index (Phi) is 3.32. The summed E-state index contributed by atoms with van der Waals surface area (Å²) < 4.78 is 0. The van der Waals surface area contributed by atoms with Crippen LogP contribution in [0.3, 0.4) is 0 Å². The highest BCUT2D eigenvalue weighted by Gasteiger charge is 2.44. The van der Waals surface area contributed by atoms with Crippen LogP contribution < -0.4 is 5.32 Å². The average molecular weight is 251 g/mol. The summed E-state index contributed by atoms with van der Waals surface area (Å²) in [5.74, 6) is 0.340. The number of hydrogen-bond acceptors (Lipinski definition) is 3. The van der Waals surface area contributed by atoms with Gasteiger partial charge >= 0.3 is 0 Å². The summed E-state index contributed by atoms with van der Waals surface area (Å²) in [7, 11) is 0. The van der Waals surface area contributed by atoms with E-state index in [1.54, 1.807) is 0 Å². The molecule has 3 unspecified atom stereocenters. The maximum absolute atomic E-state index is 12.4. The first-order chi connectivity index (χ1) is 8.70. The number of amides is 1. The molecule has 0 radical (unpaired) electrons. The van der Waals surface area contributed by atoms with Gasteiger partial charge in [-0.25, -0.2) is 0 Å².